The molecule has 1 rings (SSSR count). The Labute approximate surface area is 113 Å². The number of nitrogens with two attached hydrogens (primary N) is 1. The second-order valence-corrected chi connectivity index (χ2v) is 4.63. The largest absolute Gasteiger partial charge is 0.399 e. The number of nitrogen functional groups attached to an aromatic ring is 1. The highest BCUT2D eigenvalue weighted by Crippen LogP contribution is 2.10. The van der Waals surface area contributed by atoms with Gasteiger partial charge in [0.15, 0.2) is 0 Å². The maximum atomic E-state index is 11.8. The fraction of sp³-hybridized carbons (Fsp3) is 0.385. The summed E-state index contributed by atoms with van der Waals surface area (Å²) in [5.74, 6) is -0.190. The lowest BCUT2D eigenvalue weighted by atomic mass is 10.3. The molecule has 0 fully saturated rings. The van der Waals surface area contributed by atoms with E-state index >= 15 is 0 Å². The number of carbonyl (C=O) groups excluding carboxylic acids is 2. The van der Waals surface area contributed by atoms with E-state index in [1.165, 1.54) is 4.90 Å². The number of anilines is 2. The minimum Gasteiger partial charge on any atom is -0.399 e. The number of amides is 3. The Bertz CT molecular complexity index is 442. The summed E-state index contributed by atoms with van der Waals surface area (Å²) in [5, 5.41) is 5.40. The maximum absolute atomic E-state index is 11.8. The Hall–Kier alpha value is -2.24. The summed E-state index contributed by atoms with van der Waals surface area (Å²) in [7, 11) is 1.56. The molecule has 0 atom stereocenters. The Kier molecular flexibility index (Phi) is 5.17. The van der Waals surface area contributed by atoms with Crippen LogP contribution >= 0.6 is 0 Å². The summed E-state index contributed by atoms with van der Waals surface area (Å²) in [6, 6.07) is 6.51. The summed E-state index contributed by atoms with van der Waals surface area (Å²) >= 11 is 0. The molecular weight excluding hydrogens is 244 g/mol. The normalized spacial score (nSPS) is 10.1. The van der Waals surface area contributed by atoms with Crippen molar-refractivity contribution in [2.24, 2.45) is 0 Å². The summed E-state index contributed by atoms with van der Waals surface area (Å²) in [4.78, 5) is 24.7. The molecule has 3 amide bonds. The molecule has 0 unspecified atom stereocenters. The van der Waals surface area contributed by atoms with Crippen LogP contribution in [0.4, 0.5) is 16.2 Å². The van der Waals surface area contributed by atoms with Crippen LogP contribution in [0.25, 0.3) is 0 Å². The zero-order valence-corrected chi connectivity index (χ0v) is 11.4. The molecule has 0 saturated carbocycles. The highest BCUT2D eigenvalue weighted by molar-refractivity contribution is 5.92. The molecule has 0 aliphatic rings. The molecule has 6 nitrogen and oxygen atoms in total. The second-order valence-electron chi connectivity index (χ2n) is 4.63. The van der Waals surface area contributed by atoms with Crippen molar-refractivity contribution in [1.82, 2.24) is 10.2 Å². The molecule has 6 heteroatoms. The third-order valence-electron chi connectivity index (χ3n) is 2.34. The summed E-state index contributed by atoms with van der Waals surface area (Å²) in [6.45, 7) is 3.75. The number of benzene rings is 1. The molecule has 104 valence electrons. The van der Waals surface area contributed by atoms with Gasteiger partial charge in [-0.15, -0.1) is 0 Å². The third-order valence-corrected chi connectivity index (χ3v) is 2.34. The zero-order valence-electron chi connectivity index (χ0n) is 11.4. The number of hydrogen-bond donors (Lipinski definition) is 3. The van der Waals surface area contributed by atoms with Crippen LogP contribution < -0.4 is 16.4 Å². The zero-order chi connectivity index (χ0) is 14.4. The van der Waals surface area contributed by atoms with Crippen LogP contribution in [0.15, 0.2) is 24.3 Å². The first-order valence-electron chi connectivity index (χ1n) is 6.05. The molecule has 19 heavy (non-hydrogen) atoms. The number of carbonyl (C=O) groups is 2. The molecule has 0 saturated heterocycles. The van der Waals surface area contributed by atoms with Crippen molar-refractivity contribution in [3.63, 3.8) is 0 Å². The Morgan fingerprint density at radius 3 is 2.37 bits per heavy atom. The quantitative estimate of drug-likeness (QED) is 0.715. The number of hydrogen-bond acceptors (Lipinski definition) is 3. The van der Waals surface area contributed by atoms with E-state index in [1.54, 1.807) is 31.3 Å². The van der Waals surface area contributed by atoms with E-state index in [2.05, 4.69) is 10.6 Å². The lowest BCUT2D eigenvalue weighted by molar-refractivity contribution is -0.121. The van der Waals surface area contributed by atoms with Crippen molar-refractivity contribution < 1.29 is 9.59 Å². The first kappa shape index (κ1) is 14.8. The van der Waals surface area contributed by atoms with E-state index in [0.29, 0.717) is 11.4 Å². The van der Waals surface area contributed by atoms with Crippen LogP contribution in [0.5, 0.6) is 0 Å². The van der Waals surface area contributed by atoms with Gasteiger partial charge >= 0.3 is 6.03 Å². The van der Waals surface area contributed by atoms with Crippen LogP contribution in [-0.2, 0) is 4.79 Å². The average molecular weight is 264 g/mol. The molecule has 0 aromatic heterocycles. The minimum absolute atomic E-state index is 0.0129. The molecule has 1 aromatic rings. The maximum Gasteiger partial charge on any atom is 0.322 e. The number of nitrogens with zero attached hydrogens (tertiary/aromatic N) is 1. The van der Waals surface area contributed by atoms with Gasteiger partial charge in [-0.3, -0.25) is 4.79 Å². The standard InChI is InChI=1S/C13H20N4O2/c1-9(2)15-12(18)8-17(3)13(19)16-11-6-4-10(14)5-7-11/h4-7,9H,8,14H2,1-3H3,(H,15,18)(H,16,19). The number of rotatable bonds is 4. The first-order chi connectivity index (χ1) is 8.88. The van der Waals surface area contributed by atoms with Gasteiger partial charge in [0.2, 0.25) is 5.91 Å². The van der Waals surface area contributed by atoms with Gasteiger partial charge in [0.25, 0.3) is 0 Å². The van der Waals surface area contributed by atoms with Crippen molar-refractivity contribution in [2.75, 3.05) is 24.6 Å². The SMILES string of the molecule is CC(C)NC(=O)CN(C)C(=O)Nc1ccc(N)cc1. The Morgan fingerprint density at radius 1 is 1.26 bits per heavy atom. The van der Waals surface area contributed by atoms with Crippen molar-refractivity contribution >= 4 is 23.3 Å². The van der Waals surface area contributed by atoms with Crippen molar-refractivity contribution in [1.29, 1.82) is 0 Å². The van der Waals surface area contributed by atoms with Crippen LogP contribution in [0.3, 0.4) is 0 Å². The third kappa shape index (κ3) is 5.29. The van der Waals surface area contributed by atoms with Crippen LogP contribution in [0.2, 0.25) is 0 Å². The average Bonchev–Trinajstić information content (AvgIpc) is 2.30. The molecular formula is C13H20N4O2. The van der Waals surface area contributed by atoms with Gasteiger partial charge in [0, 0.05) is 24.5 Å². The number of likely N-dealkylation sites (N-methyl/N-ethyl adjacent to an activating group) is 1. The van der Waals surface area contributed by atoms with Crippen LogP contribution in [-0.4, -0.2) is 36.5 Å². The van der Waals surface area contributed by atoms with E-state index in [-0.39, 0.29) is 24.5 Å². The predicted octanol–water partition coefficient (Wildman–Crippen LogP) is 1.26. The van der Waals surface area contributed by atoms with Gasteiger partial charge in [0.1, 0.15) is 6.54 Å². The molecule has 1 aromatic carbocycles. The van der Waals surface area contributed by atoms with Crippen molar-refractivity contribution in [2.45, 2.75) is 19.9 Å². The van der Waals surface area contributed by atoms with Crippen molar-refractivity contribution in [3.8, 4) is 0 Å². The van der Waals surface area contributed by atoms with Gasteiger partial charge in [-0.05, 0) is 38.1 Å². The fourth-order valence-electron chi connectivity index (χ4n) is 1.44. The highest BCUT2D eigenvalue weighted by atomic mass is 16.2. The summed E-state index contributed by atoms with van der Waals surface area (Å²) < 4.78 is 0. The van der Waals surface area contributed by atoms with Gasteiger partial charge in [-0.1, -0.05) is 0 Å². The minimum atomic E-state index is -0.344. The van der Waals surface area contributed by atoms with Crippen molar-refractivity contribution in [3.05, 3.63) is 24.3 Å². The highest BCUT2D eigenvalue weighted by Gasteiger charge is 2.13. The predicted molar refractivity (Wildman–Crippen MR) is 75.8 cm³/mol. The molecule has 0 bridgehead atoms. The summed E-state index contributed by atoms with van der Waals surface area (Å²) in [5.41, 5.74) is 6.82. The van der Waals surface area contributed by atoms with E-state index in [9.17, 15) is 9.59 Å². The van der Waals surface area contributed by atoms with E-state index in [1.807, 2.05) is 13.8 Å². The number of urea groups is 1. The second kappa shape index (κ2) is 6.63. The van der Waals surface area contributed by atoms with Crippen LogP contribution in [0, 0.1) is 0 Å². The van der Waals surface area contributed by atoms with E-state index < -0.39 is 0 Å². The smallest absolute Gasteiger partial charge is 0.322 e. The van der Waals surface area contributed by atoms with Gasteiger partial charge in [0.05, 0.1) is 0 Å². The van der Waals surface area contributed by atoms with Crippen LogP contribution in [0.1, 0.15) is 13.8 Å². The van der Waals surface area contributed by atoms with Gasteiger partial charge in [-0.2, -0.15) is 0 Å². The number of nitrogens with one attached hydrogen (secondary N) is 2. The first-order valence-corrected chi connectivity index (χ1v) is 6.05. The monoisotopic (exact) mass is 264 g/mol. The Morgan fingerprint density at radius 2 is 1.84 bits per heavy atom. The molecule has 0 aliphatic carbocycles. The van der Waals surface area contributed by atoms with Gasteiger partial charge < -0.3 is 21.3 Å². The molecule has 4 N–H and O–H groups in total. The molecule has 0 heterocycles. The Balaban J connectivity index is 2.48. The molecule has 0 aliphatic heterocycles. The fourth-order valence-corrected chi connectivity index (χ4v) is 1.44. The van der Waals surface area contributed by atoms with Gasteiger partial charge in [-0.25, -0.2) is 4.79 Å². The lowest BCUT2D eigenvalue weighted by Gasteiger charge is -2.18. The summed E-state index contributed by atoms with van der Waals surface area (Å²) in [6.07, 6.45) is 0. The molecule has 0 spiro atoms. The van der Waals surface area contributed by atoms with E-state index in [0.717, 1.165) is 0 Å². The van der Waals surface area contributed by atoms with E-state index in [4.69, 9.17) is 5.73 Å². The lowest BCUT2D eigenvalue weighted by Crippen LogP contribution is -2.42. The molecule has 0 radical (unpaired) electrons. The topological polar surface area (TPSA) is 87.5 Å².